The van der Waals surface area contributed by atoms with Gasteiger partial charge < -0.3 is 14.5 Å². The monoisotopic (exact) mass is 170 g/mol. The van der Waals surface area contributed by atoms with E-state index in [0.29, 0.717) is 5.69 Å². The number of aromatic nitrogens is 1. The molecule has 1 rings (SSSR count). The SMILES string of the molecule is CN(C)CCc1cc(CO)no1. The van der Waals surface area contributed by atoms with E-state index in [1.54, 1.807) is 6.07 Å². The maximum Gasteiger partial charge on any atom is 0.138 e. The lowest BCUT2D eigenvalue weighted by Gasteiger charge is -2.05. The lowest BCUT2D eigenvalue weighted by Crippen LogP contribution is -2.14. The molecule has 0 bridgehead atoms. The van der Waals surface area contributed by atoms with Gasteiger partial charge in [-0.1, -0.05) is 5.16 Å². The van der Waals surface area contributed by atoms with Gasteiger partial charge in [0.25, 0.3) is 0 Å². The summed E-state index contributed by atoms with van der Waals surface area (Å²) in [6.07, 6.45) is 0.833. The number of nitrogens with zero attached hydrogens (tertiary/aromatic N) is 2. The summed E-state index contributed by atoms with van der Waals surface area (Å²) >= 11 is 0. The fraction of sp³-hybridized carbons (Fsp3) is 0.625. The molecule has 0 spiro atoms. The molecule has 1 heterocycles. The van der Waals surface area contributed by atoms with E-state index in [1.165, 1.54) is 0 Å². The first-order valence-corrected chi connectivity index (χ1v) is 3.92. The van der Waals surface area contributed by atoms with Crippen molar-refractivity contribution in [1.29, 1.82) is 0 Å². The molecule has 0 saturated heterocycles. The molecule has 0 atom stereocenters. The lowest BCUT2D eigenvalue weighted by atomic mass is 10.3. The van der Waals surface area contributed by atoms with E-state index in [-0.39, 0.29) is 6.61 Å². The molecule has 0 amide bonds. The second kappa shape index (κ2) is 4.23. The van der Waals surface area contributed by atoms with Crippen LogP contribution < -0.4 is 0 Å². The van der Waals surface area contributed by atoms with Gasteiger partial charge in [0.05, 0.1) is 6.61 Å². The fourth-order valence-electron chi connectivity index (χ4n) is 0.882. The van der Waals surface area contributed by atoms with Gasteiger partial charge in [0.1, 0.15) is 11.5 Å². The van der Waals surface area contributed by atoms with Crippen LogP contribution in [0.1, 0.15) is 11.5 Å². The smallest absolute Gasteiger partial charge is 0.138 e. The highest BCUT2D eigenvalue weighted by Crippen LogP contribution is 2.04. The summed E-state index contributed by atoms with van der Waals surface area (Å²) in [5, 5.41) is 12.4. The minimum Gasteiger partial charge on any atom is -0.390 e. The third-order valence-electron chi connectivity index (χ3n) is 1.58. The van der Waals surface area contributed by atoms with Gasteiger partial charge in [-0.2, -0.15) is 0 Å². The van der Waals surface area contributed by atoms with Crippen LogP contribution in [-0.4, -0.2) is 35.8 Å². The Hall–Kier alpha value is -0.870. The molecule has 1 aromatic heterocycles. The predicted molar refractivity (Wildman–Crippen MR) is 44.7 cm³/mol. The summed E-state index contributed by atoms with van der Waals surface area (Å²) in [4.78, 5) is 2.07. The summed E-state index contributed by atoms with van der Waals surface area (Å²) in [7, 11) is 4.01. The number of aliphatic hydroxyl groups is 1. The largest absolute Gasteiger partial charge is 0.390 e. The maximum atomic E-state index is 8.70. The van der Waals surface area contributed by atoms with Gasteiger partial charge in [-0.3, -0.25) is 0 Å². The quantitative estimate of drug-likeness (QED) is 0.704. The van der Waals surface area contributed by atoms with Crippen molar-refractivity contribution in [1.82, 2.24) is 10.1 Å². The minimum atomic E-state index is -0.0501. The third kappa shape index (κ3) is 2.64. The zero-order chi connectivity index (χ0) is 8.97. The fourth-order valence-corrected chi connectivity index (χ4v) is 0.882. The van der Waals surface area contributed by atoms with E-state index in [9.17, 15) is 0 Å². The highest BCUT2D eigenvalue weighted by atomic mass is 16.5. The van der Waals surface area contributed by atoms with E-state index >= 15 is 0 Å². The first kappa shape index (κ1) is 9.22. The molecule has 0 fully saturated rings. The van der Waals surface area contributed by atoms with Crippen LogP contribution in [0.4, 0.5) is 0 Å². The van der Waals surface area contributed by atoms with Gasteiger partial charge in [-0.05, 0) is 14.1 Å². The average Bonchev–Trinajstić information content (AvgIpc) is 2.48. The molecule has 4 nitrogen and oxygen atoms in total. The van der Waals surface area contributed by atoms with Crippen molar-refractivity contribution >= 4 is 0 Å². The Morgan fingerprint density at radius 1 is 1.58 bits per heavy atom. The maximum absolute atomic E-state index is 8.70. The molecule has 12 heavy (non-hydrogen) atoms. The van der Waals surface area contributed by atoms with Gasteiger partial charge in [0, 0.05) is 19.0 Å². The van der Waals surface area contributed by atoms with Crippen molar-refractivity contribution in [3.05, 3.63) is 17.5 Å². The van der Waals surface area contributed by atoms with Crippen LogP contribution in [0.15, 0.2) is 10.6 Å². The van der Waals surface area contributed by atoms with Gasteiger partial charge in [-0.25, -0.2) is 0 Å². The van der Waals surface area contributed by atoms with Crippen molar-refractivity contribution in [2.24, 2.45) is 0 Å². The molecule has 68 valence electrons. The van der Waals surface area contributed by atoms with Gasteiger partial charge in [-0.15, -0.1) is 0 Å². The molecular formula is C8H14N2O2. The molecule has 0 aliphatic rings. The molecule has 0 unspecified atom stereocenters. The van der Waals surface area contributed by atoms with Crippen LogP contribution in [0.25, 0.3) is 0 Å². The van der Waals surface area contributed by atoms with Crippen molar-refractivity contribution in [3.63, 3.8) is 0 Å². The molecule has 0 aliphatic carbocycles. The number of rotatable bonds is 4. The Kier molecular flexibility index (Phi) is 3.25. The summed E-state index contributed by atoms with van der Waals surface area (Å²) < 4.78 is 4.97. The molecule has 0 aromatic carbocycles. The van der Waals surface area contributed by atoms with Crippen molar-refractivity contribution in [2.75, 3.05) is 20.6 Å². The lowest BCUT2D eigenvalue weighted by molar-refractivity contribution is 0.264. The topological polar surface area (TPSA) is 49.5 Å². The van der Waals surface area contributed by atoms with Crippen molar-refractivity contribution in [3.8, 4) is 0 Å². The third-order valence-corrected chi connectivity index (χ3v) is 1.58. The van der Waals surface area contributed by atoms with Crippen LogP contribution in [0.3, 0.4) is 0 Å². The van der Waals surface area contributed by atoms with Crippen LogP contribution in [-0.2, 0) is 13.0 Å². The highest BCUT2D eigenvalue weighted by Gasteiger charge is 2.02. The molecule has 4 heteroatoms. The molecule has 0 radical (unpaired) electrons. The number of hydrogen-bond donors (Lipinski definition) is 1. The second-order valence-electron chi connectivity index (χ2n) is 3.00. The van der Waals surface area contributed by atoms with E-state index in [4.69, 9.17) is 9.63 Å². The van der Waals surface area contributed by atoms with Gasteiger partial charge >= 0.3 is 0 Å². The van der Waals surface area contributed by atoms with E-state index in [0.717, 1.165) is 18.7 Å². The van der Waals surface area contributed by atoms with Crippen LogP contribution in [0.2, 0.25) is 0 Å². The summed E-state index contributed by atoms with van der Waals surface area (Å²) in [6, 6.07) is 1.78. The van der Waals surface area contributed by atoms with E-state index in [1.807, 2.05) is 14.1 Å². The Labute approximate surface area is 71.8 Å². The van der Waals surface area contributed by atoms with Crippen molar-refractivity contribution < 1.29 is 9.63 Å². The molecule has 0 aliphatic heterocycles. The van der Waals surface area contributed by atoms with Gasteiger partial charge in [0.15, 0.2) is 0 Å². The first-order chi connectivity index (χ1) is 5.72. The summed E-state index contributed by atoms with van der Waals surface area (Å²) in [5.41, 5.74) is 0.601. The zero-order valence-corrected chi connectivity index (χ0v) is 7.45. The molecular weight excluding hydrogens is 156 g/mol. The van der Waals surface area contributed by atoms with Crippen LogP contribution in [0.5, 0.6) is 0 Å². The molecule has 1 N–H and O–H groups in total. The second-order valence-corrected chi connectivity index (χ2v) is 3.00. The highest BCUT2D eigenvalue weighted by molar-refractivity contribution is 5.04. The minimum absolute atomic E-state index is 0.0501. The molecule has 1 aromatic rings. The Balaban J connectivity index is 2.41. The molecule has 0 saturated carbocycles. The summed E-state index contributed by atoms with van der Waals surface area (Å²) in [5.74, 6) is 0.827. The van der Waals surface area contributed by atoms with Crippen molar-refractivity contribution in [2.45, 2.75) is 13.0 Å². The average molecular weight is 170 g/mol. The van der Waals surface area contributed by atoms with Crippen LogP contribution in [0, 0.1) is 0 Å². The number of aliphatic hydroxyl groups excluding tert-OH is 1. The van der Waals surface area contributed by atoms with Crippen LogP contribution >= 0.6 is 0 Å². The zero-order valence-electron chi connectivity index (χ0n) is 7.45. The van der Waals surface area contributed by atoms with E-state index < -0.39 is 0 Å². The van der Waals surface area contributed by atoms with E-state index in [2.05, 4.69) is 10.1 Å². The summed E-state index contributed by atoms with van der Waals surface area (Å²) in [6.45, 7) is 0.880. The number of hydrogen-bond acceptors (Lipinski definition) is 4. The standard InChI is InChI=1S/C8H14N2O2/c1-10(2)4-3-8-5-7(6-11)9-12-8/h5,11H,3-4,6H2,1-2H3. The Morgan fingerprint density at radius 2 is 2.33 bits per heavy atom. The number of likely N-dealkylation sites (N-methyl/N-ethyl adjacent to an activating group) is 1. The Bertz CT molecular complexity index is 233. The predicted octanol–water partition coefficient (Wildman–Crippen LogP) is 0.271. The Morgan fingerprint density at radius 3 is 2.83 bits per heavy atom. The van der Waals surface area contributed by atoms with Gasteiger partial charge in [0.2, 0.25) is 0 Å². The normalized spacial score (nSPS) is 11.0. The first-order valence-electron chi connectivity index (χ1n) is 3.92.